The molecule has 100 valence electrons. The van der Waals surface area contributed by atoms with Gasteiger partial charge in [-0.25, -0.2) is 4.79 Å². The molecule has 1 aromatic rings. The molecule has 0 aliphatic heterocycles. The Bertz CT molecular complexity index is 415. The van der Waals surface area contributed by atoms with Crippen LogP contribution in [0.2, 0.25) is 0 Å². The summed E-state index contributed by atoms with van der Waals surface area (Å²) < 4.78 is 5.28. The molecular weight excluding hydrogens is 230 g/mol. The van der Waals surface area contributed by atoms with Gasteiger partial charge in [0.25, 0.3) is 0 Å². The monoisotopic (exact) mass is 251 g/mol. The lowest BCUT2D eigenvalue weighted by molar-refractivity contribution is -0.139. The molecule has 0 aliphatic rings. The van der Waals surface area contributed by atoms with Crippen molar-refractivity contribution in [2.24, 2.45) is 0 Å². The summed E-state index contributed by atoms with van der Waals surface area (Å²) in [7, 11) is 1.59. The molecule has 0 aliphatic carbocycles. The van der Waals surface area contributed by atoms with Gasteiger partial charge in [0.15, 0.2) is 0 Å². The summed E-state index contributed by atoms with van der Waals surface area (Å²) in [5, 5.41) is 12.3. The van der Waals surface area contributed by atoms with Crippen LogP contribution in [0.4, 0.5) is 5.69 Å². The third kappa shape index (κ3) is 4.04. The van der Waals surface area contributed by atoms with Crippen molar-refractivity contribution < 1.29 is 14.6 Å². The Hall–Kier alpha value is -1.55. The van der Waals surface area contributed by atoms with E-state index < -0.39 is 17.6 Å². The molecule has 0 saturated carbocycles. The molecule has 1 unspecified atom stereocenters. The molecular formula is C14H21NO3. The standard InChI is InChI=1S/C14H21NO3/c1-10-7-5-6-8-11(10)15-12(13(16)17)9-14(2,3)18-4/h5-8,12,15H,9H2,1-4H3,(H,16,17). The smallest absolute Gasteiger partial charge is 0.326 e. The van der Waals surface area contributed by atoms with Crippen molar-refractivity contribution in [3.63, 3.8) is 0 Å². The van der Waals surface area contributed by atoms with E-state index in [1.54, 1.807) is 7.11 Å². The highest BCUT2D eigenvalue weighted by Crippen LogP contribution is 2.21. The van der Waals surface area contributed by atoms with Gasteiger partial charge in [0.05, 0.1) is 5.60 Å². The average molecular weight is 251 g/mol. The molecule has 0 aromatic heterocycles. The van der Waals surface area contributed by atoms with Gasteiger partial charge in [-0.3, -0.25) is 0 Å². The first-order chi connectivity index (χ1) is 8.35. The first-order valence-electron chi connectivity index (χ1n) is 5.96. The zero-order valence-electron chi connectivity index (χ0n) is 11.4. The van der Waals surface area contributed by atoms with Crippen LogP contribution in [0.1, 0.15) is 25.8 Å². The third-order valence-corrected chi connectivity index (χ3v) is 3.02. The van der Waals surface area contributed by atoms with E-state index in [1.165, 1.54) is 0 Å². The van der Waals surface area contributed by atoms with Gasteiger partial charge in [0.2, 0.25) is 0 Å². The molecule has 4 heteroatoms. The lowest BCUT2D eigenvalue weighted by atomic mass is 9.98. The Morgan fingerprint density at radius 2 is 2.06 bits per heavy atom. The van der Waals surface area contributed by atoms with Crippen LogP contribution in [0.25, 0.3) is 0 Å². The normalized spacial score (nSPS) is 13.1. The van der Waals surface area contributed by atoms with Gasteiger partial charge in [-0.2, -0.15) is 0 Å². The zero-order valence-corrected chi connectivity index (χ0v) is 11.4. The molecule has 0 fully saturated rings. The minimum absolute atomic E-state index is 0.396. The van der Waals surface area contributed by atoms with Crippen LogP contribution in [-0.4, -0.2) is 29.8 Å². The summed E-state index contributed by atoms with van der Waals surface area (Å²) in [6.45, 7) is 5.70. The molecule has 1 atom stereocenters. The number of aliphatic carboxylic acids is 1. The Kier molecular flexibility index (Phi) is 4.73. The van der Waals surface area contributed by atoms with E-state index in [0.29, 0.717) is 6.42 Å². The Labute approximate surface area is 108 Å². The predicted octanol–water partition coefficient (Wildman–Crippen LogP) is 2.68. The fraction of sp³-hybridized carbons (Fsp3) is 0.500. The Morgan fingerprint density at radius 1 is 1.44 bits per heavy atom. The fourth-order valence-electron chi connectivity index (χ4n) is 1.70. The van der Waals surface area contributed by atoms with E-state index in [-0.39, 0.29) is 0 Å². The number of para-hydroxylation sites is 1. The highest BCUT2D eigenvalue weighted by molar-refractivity contribution is 5.77. The third-order valence-electron chi connectivity index (χ3n) is 3.02. The molecule has 0 spiro atoms. The molecule has 18 heavy (non-hydrogen) atoms. The molecule has 0 radical (unpaired) electrons. The van der Waals surface area contributed by atoms with Crippen LogP contribution in [0.3, 0.4) is 0 Å². The summed E-state index contributed by atoms with van der Waals surface area (Å²) in [5.74, 6) is -0.872. The van der Waals surface area contributed by atoms with Crippen LogP contribution in [0.15, 0.2) is 24.3 Å². The van der Waals surface area contributed by atoms with Crippen LogP contribution >= 0.6 is 0 Å². The van der Waals surface area contributed by atoms with Crippen LogP contribution in [0, 0.1) is 6.92 Å². The highest BCUT2D eigenvalue weighted by Gasteiger charge is 2.27. The van der Waals surface area contributed by atoms with Crippen molar-refractivity contribution in [1.82, 2.24) is 0 Å². The molecule has 0 heterocycles. The SMILES string of the molecule is COC(C)(C)CC(Nc1ccccc1C)C(=O)O. The lowest BCUT2D eigenvalue weighted by Gasteiger charge is -2.27. The molecule has 1 rings (SSSR count). The molecule has 1 aromatic carbocycles. The number of anilines is 1. The number of methoxy groups -OCH3 is 1. The Morgan fingerprint density at radius 3 is 2.56 bits per heavy atom. The summed E-state index contributed by atoms with van der Waals surface area (Å²) in [5.41, 5.74) is 1.40. The largest absolute Gasteiger partial charge is 0.480 e. The minimum Gasteiger partial charge on any atom is -0.480 e. The number of carboxylic acids is 1. The van der Waals surface area contributed by atoms with Gasteiger partial charge >= 0.3 is 5.97 Å². The van der Waals surface area contributed by atoms with Crippen molar-refractivity contribution in [3.8, 4) is 0 Å². The maximum atomic E-state index is 11.3. The Balaban J connectivity index is 2.82. The molecule has 4 nitrogen and oxygen atoms in total. The van der Waals surface area contributed by atoms with Gasteiger partial charge in [0.1, 0.15) is 6.04 Å². The fourth-order valence-corrected chi connectivity index (χ4v) is 1.70. The van der Waals surface area contributed by atoms with Gasteiger partial charge in [-0.15, -0.1) is 0 Å². The topological polar surface area (TPSA) is 58.6 Å². The number of rotatable bonds is 6. The van der Waals surface area contributed by atoms with E-state index in [9.17, 15) is 9.90 Å². The number of hydrogen-bond donors (Lipinski definition) is 2. The van der Waals surface area contributed by atoms with Crippen LogP contribution < -0.4 is 5.32 Å². The summed E-state index contributed by atoms with van der Waals surface area (Å²) >= 11 is 0. The quantitative estimate of drug-likeness (QED) is 0.816. The first kappa shape index (κ1) is 14.5. The maximum Gasteiger partial charge on any atom is 0.326 e. The summed E-state index contributed by atoms with van der Waals surface area (Å²) in [6.07, 6.45) is 0.396. The molecule has 0 bridgehead atoms. The van der Waals surface area contributed by atoms with Crippen LogP contribution in [-0.2, 0) is 9.53 Å². The minimum atomic E-state index is -0.872. The molecule has 0 amide bonds. The number of carbonyl (C=O) groups is 1. The van der Waals surface area contributed by atoms with Crippen molar-refractivity contribution in [3.05, 3.63) is 29.8 Å². The second-order valence-corrected chi connectivity index (χ2v) is 5.02. The van der Waals surface area contributed by atoms with E-state index in [2.05, 4.69) is 5.32 Å². The van der Waals surface area contributed by atoms with Gasteiger partial charge < -0.3 is 15.2 Å². The summed E-state index contributed by atoms with van der Waals surface area (Å²) in [6, 6.07) is 6.97. The first-order valence-corrected chi connectivity index (χ1v) is 5.96. The number of benzene rings is 1. The van der Waals surface area contributed by atoms with Crippen molar-refractivity contribution in [2.45, 2.75) is 38.8 Å². The number of aryl methyl sites for hydroxylation is 1. The number of nitrogens with one attached hydrogen (secondary N) is 1. The van der Waals surface area contributed by atoms with E-state index >= 15 is 0 Å². The number of carboxylic acid groups (broad SMARTS) is 1. The number of ether oxygens (including phenoxy) is 1. The van der Waals surface area contributed by atoms with Crippen molar-refractivity contribution in [1.29, 1.82) is 0 Å². The van der Waals surface area contributed by atoms with E-state index in [1.807, 2.05) is 45.0 Å². The van der Waals surface area contributed by atoms with Gasteiger partial charge in [0, 0.05) is 19.2 Å². The second kappa shape index (κ2) is 5.87. The van der Waals surface area contributed by atoms with Crippen molar-refractivity contribution in [2.75, 3.05) is 12.4 Å². The van der Waals surface area contributed by atoms with Crippen molar-refractivity contribution >= 4 is 11.7 Å². The zero-order chi connectivity index (χ0) is 13.8. The molecule has 0 saturated heterocycles. The lowest BCUT2D eigenvalue weighted by Crippen LogP contribution is -2.38. The van der Waals surface area contributed by atoms with Gasteiger partial charge in [-0.05, 0) is 32.4 Å². The predicted molar refractivity (Wildman–Crippen MR) is 71.9 cm³/mol. The van der Waals surface area contributed by atoms with E-state index in [0.717, 1.165) is 11.3 Å². The number of hydrogen-bond acceptors (Lipinski definition) is 3. The van der Waals surface area contributed by atoms with E-state index in [4.69, 9.17) is 4.74 Å². The molecule has 2 N–H and O–H groups in total. The second-order valence-electron chi connectivity index (χ2n) is 5.02. The average Bonchev–Trinajstić information content (AvgIpc) is 2.30. The highest BCUT2D eigenvalue weighted by atomic mass is 16.5. The van der Waals surface area contributed by atoms with Crippen LogP contribution in [0.5, 0.6) is 0 Å². The van der Waals surface area contributed by atoms with Gasteiger partial charge in [-0.1, -0.05) is 18.2 Å². The maximum absolute atomic E-state index is 11.3. The summed E-state index contributed by atoms with van der Waals surface area (Å²) in [4.78, 5) is 11.3.